The van der Waals surface area contributed by atoms with Crippen molar-refractivity contribution >= 4 is 12.4 Å². The summed E-state index contributed by atoms with van der Waals surface area (Å²) in [6.07, 6.45) is -5.43. The van der Waals surface area contributed by atoms with Crippen LogP contribution in [-0.2, 0) is 0 Å². The van der Waals surface area contributed by atoms with E-state index < -0.39 is 18.6 Å². The van der Waals surface area contributed by atoms with Crippen LogP contribution >= 0.6 is 12.4 Å². The normalized spacial score (nSPS) is 13.1. The number of nitrogens with two attached hydrogens (primary N) is 1. The Morgan fingerprint density at radius 2 is 1.78 bits per heavy atom. The van der Waals surface area contributed by atoms with E-state index in [-0.39, 0.29) is 18.5 Å². The monoisotopic (exact) mass is 283 g/mol. The highest BCUT2D eigenvalue weighted by molar-refractivity contribution is 5.85. The molecule has 0 radical (unpaired) electrons. The van der Waals surface area contributed by atoms with E-state index in [1.807, 2.05) is 13.8 Å². The molecule has 18 heavy (non-hydrogen) atoms. The highest BCUT2D eigenvalue weighted by Gasteiger charge is 2.31. The van der Waals surface area contributed by atoms with E-state index in [2.05, 4.69) is 0 Å². The second kappa shape index (κ2) is 6.85. The van der Waals surface area contributed by atoms with Crippen molar-refractivity contribution in [3.63, 3.8) is 0 Å². The molecule has 2 nitrogen and oxygen atoms in total. The highest BCUT2D eigenvalue weighted by Crippen LogP contribution is 2.32. The van der Waals surface area contributed by atoms with Crippen molar-refractivity contribution < 1.29 is 17.9 Å². The summed E-state index contributed by atoms with van der Waals surface area (Å²) in [7, 11) is 0. The van der Waals surface area contributed by atoms with Crippen LogP contribution in [0.25, 0.3) is 0 Å². The van der Waals surface area contributed by atoms with Gasteiger partial charge < -0.3 is 10.5 Å². The summed E-state index contributed by atoms with van der Waals surface area (Å²) in [6.45, 7) is 3.62. The quantitative estimate of drug-likeness (QED) is 0.911. The first-order valence-electron chi connectivity index (χ1n) is 5.37. The van der Waals surface area contributed by atoms with Gasteiger partial charge in [0.25, 0.3) is 0 Å². The number of benzene rings is 1. The molecule has 2 N–H and O–H groups in total. The summed E-state index contributed by atoms with van der Waals surface area (Å²) in [5.74, 6) is 0.416. The molecule has 104 valence electrons. The fraction of sp³-hybridized carbons (Fsp3) is 0.500. The van der Waals surface area contributed by atoms with E-state index >= 15 is 0 Å². The first-order valence-corrected chi connectivity index (χ1v) is 5.37. The van der Waals surface area contributed by atoms with E-state index in [1.54, 1.807) is 24.3 Å². The standard InChI is InChI=1S/C12H16F3NO.ClH/c1-8(2)17-11-6-4-3-5-9(11)10(16)7-12(13,14)15;/h3-6,8,10H,7,16H2,1-2H3;1H/t10-;/m0./s1. The zero-order chi connectivity index (χ0) is 13.1. The van der Waals surface area contributed by atoms with Gasteiger partial charge >= 0.3 is 6.18 Å². The molecule has 0 aliphatic carbocycles. The summed E-state index contributed by atoms with van der Waals surface area (Å²) in [4.78, 5) is 0. The van der Waals surface area contributed by atoms with E-state index in [9.17, 15) is 13.2 Å². The molecule has 0 heterocycles. The molecule has 0 amide bonds. The third kappa shape index (κ3) is 5.60. The van der Waals surface area contributed by atoms with Gasteiger partial charge in [-0.15, -0.1) is 12.4 Å². The topological polar surface area (TPSA) is 35.2 Å². The molecule has 1 aromatic carbocycles. The van der Waals surface area contributed by atoms with Gasteiger partial charge in [-0.2, -0.15) is 13.2 Å². The Bertz CT molecular complexity index is 369. The Hall–Kier alpha value is -0.940. The number of alkyl halides is 3. The van der Waals surface area contributed by atoms with Crippen LogP contribution in [0.3, 0.4) is 0 Å². The summed E-state index contributed by atoms with van der Waals surface area (Å²) in [5, 5.41) is 0. The first kappa shape index (κ1) is 17.1. The highest BCUT2D eigenvalue weighted by atomic mass is 35.5. The van der Waals surface area contributed by atoms with Crippen LogP contribution in [-0.4, -0.2) is 12.3 Å². The van der Waals surface area contributed by atoms with Gasteiger partial charge in [0.1, 0.15) is 5.75 Å². The lowest BCUT2D eigenvalue weighted by atomic mass is 10.0. The lowest BCUT2D eigenvalue weighted by Gasteiger charge is -2.19. The second-order valence-electron chi connectivity index (χ2n) is 4.13. The molecule has 0 saturated carbocycles. The molecule has 0 saturated heterocycles. The molecule has 0 fully saturated rings. The number of hydrogen-bond acceptors (Lipinski definition) is 2. The van der Waals surface area contributed by atoms with Crippen molar-refractivity contribution in [2.45, 2.75) is 38.6 Å². The third-order valence-electron chi connectivity index (χ3n) is 2.13. The van der Waals surface area contributed by atoms with Crippen LogP contribution in [0.5, 0.6) is 5.75 Å². The molecule has 1 atom stereocenters. The Kier molecular flexibility index (Phi) is 6.49. The number of halogens is 4. The summed E-state index contributed by atoms with van der Waals surface area (Å²) in [6, 6.07) is 5.46. The van der Waals surface area contributed by atoms with Crippen LogP contribution in [0.4, 0.5) is 13.2 Å². The number of para-hydroxylation sites is 1. The Morgan fingerprint density at radius 1 is 1.22 bits per heavy atom. The molecule has 1 aromatic rings. The molecule has 0 aliphatic rings. The minimum absolute atomic E-state index is 0. The molecular weight excluding hydrogens is 267 g/mol. The summed E-state index contributed by atoms with van der Waals surface area (Å²) in [5.41, 5.74) is 5.95. The van der Waals surface area contributed by atoms with Crippen LogP contribution in [0.1, 0.15) is 31.9 Å². The maximum atomic E-state index is 12.3. The predicted molar refractivity (Wildman–Crippen MR) is 67.1 cm³/mol. The van der Waals surface area contributed by atoms with Crippen molar-refractivity contribution in [2.24, 2.45) is 5.73 Å². The van der Waals surface area contributed by atoms with Gasteiger partial charge in [0.15, 0.2) is 0 Å². The second-order valence-corrected chi connectivity index (χ2v) is 4.13. The van der Waals surface area contributed by atoms with Gasteiger partial charge in [-0.1, -0.05) is 18.2 Å². The minimum atomic E-state index is -4.27. The van der Waals surface area contributed by atoms with Gasteiger partial charge in [-0.05, 0) is 19.9 Å². The molecule has 0 bridgehead atoms. The van der Waals surface area contributed by atoms with E-state index in [1.165, 1.54) is 0 Å². The van der Waals surface area contributed by atoms with E-state index in [4.69, 9.17) is 10.5 Å². The van der Waals surface area contributed by atoms with Crippen LogP contribution in [0.15, 0.2) is 24.3 Å². The molecule has 1 rings (SSSR count). The smallest absolute Gasteiger partial charge is 0.390 e. The Balaban J connectivity index is 0.00000289. The van der Waals surface area contributed by atoms with Gasteiger partial charge in [-0.25, -0.2) is 0 Å². The number of hydrogen-bond donors (Lipinski definition) is 1. The van der Waals surface area contributed by atoms with Crippen LogP contribution in [0.2, 0.25) is 0 Å². The van der Waals surface area contributed by atoms with Crippen molar-refractivity contribution in [1.29, 1.82) is 0 Å². The maximum absolute atomic E-state index is 12.3. The van der Waals surface area contributed by atoms with Crippen molar-refractivity contribution in [2.75, 3.05) is 0 Å². The summed E-state index contributed by atoms with van der Waals surface area (Å²) < 4.78 is 42.2. The average molecular weight is 284 g/mol. The molecule has 0 spiro atoms. The first-order chi connectivity index (χ1) is 7.79. The minimum Gasteiger partial charge on any atom is -0.491 e. The molecule has 0 aliphatic heterocycles. The largest absolute Gasteiger partial charge is 0.491 e. The molecule has 6 heteroatoms. The lowest BCUT2D eigenvalue weighted by molar-refractivity contribution is -0.138. The van der Waals surface area contributed by atoms with Gasteiger partial charge in [0.05, 0.1) is 12.5 Å². The predicted octanol–water partition coefficient (Wildman–Crippen LogP) is 3.85. The average Bonchev–Trinajstić information content (AvgIpc) is 2.14. The number of rotatable bonds is 4. The molecule has 0 unspecified atom stereocenters. The third-order valence-corrected chi connectivity index (χ3v) is 2.13. The lowest BCUT2D eigenvalue weighted by Crippen LogP contribution is -2.21. The van der Waals surface area contributed by atoms with Crippen LogP contribution < -0.4 is 10.5 Å². The van der Waals surface area contributed by atoms with Crippen LogP contribution in [0, 0.1) is 0 Å². The van der Waals surface area contributed by atoms with Crippen molar-refractivity contribution in [3.8, 4) is 5.75 Å². The zero-order valence-corrected chi connectivity index (χ0v) is 11.0. The van der Waals surface area contributed by atoms with Gasteiger partial charge in [0.2, 0.25) is 0 Å². The van der Waals surface area contributed by atoms with Gasteiger partial charge in [-0.3, -0.25) is 0 Å². The maximum Gasteiger partial charge on any atom is 0.390 e. The van der Waals surface area contributed by atoms with E-state index in [0.717, 1.165) is 0 Å². The van der Waals surface area contributed by atoms with E-state index in [0.29, 0.717) is 11.3 Å². The fourth-order valence-corrected chi connectivity index (χ4v) is 1.51. The van der Waals surface area contributed by atoms with Crippen molar-refractivity contribution in [3.05, 3.63) is 29.8 Å². The zero-order valence-electron chi connectivity index (χ0n) is 10.2. The van der Waals surface area contributed by atoms with Crippen molar-refractivity contribution in [1.82, 2.24) is 0 Å². The fourth-order valence-electron chi connectivity index (χ4n) is 1.51. The Labute approximate surface area is 111 Å². The summed E-state index contributed by atoms with van der Waals surface area (Å²) >= 11 is 0. The Morgan fingerprint density at radius 3 is 2.28 bits per heavy atom. The number of ether oxygens (including phenoxy) is 1. The van der Waals surface area contributed by atoms with Gasteiger partial charge in [0, 0.05) is 11.6 Å². The molecular formula is C12H17ClF3NO. The SMILES string of the molecule is CC(C)Oc1ccccc1[C@@H](N)CC(F)(F)F.Cl. The molecule has 0 aromatic heterocycles.